The lowest BCUT2D eigenvalue weighted by Gasteiger charge is -2.35. The van der Waals surface area contributed by atoms with Gasteiger partial charge in [-0.3, -0.25) is 5.31 Å². The molecule has 0 aromatic rings. The number of ether oxygens (including phenoxy) is 1. The minimum absolute atomic E-state index is 0.242. The monoisotopic (exact) mass is 310 g/mol. The normalized spacial score (nSPS) is 59.9. The maximum atomic E-state index is 8.81. The minimum atomic E-state index is -3.01. The van der Waals surface area contributed by atoms with Gasteiger partial charge in [0.1, 0.15) is 7.62 Å². The van der Waals surface area contributed by atoms with Gasteiger partial charge in [0.2, 0.25) is 0 Å². The number of halogens is 1. The highest BCUT2D eigenvalue weighted by Gasteiger charge is 2.54. The molecule has 0 aromatic carbocycles. The Labute approximate surface area is 137 Å². The Morgan fingerprint density at radius 1 is 1.40 bits per heavy atom. The molecule has 0 bridgehead atoms. The number of hydrogen-bond donors (Lipinski definition) is 1. The van der Waals surface area contributed by atoms with Crippen LogP contribution in [0.15, 0.2) is 0 Å². The third-order valence-corrected chi connectivity index (χ3v) is 3.87. The van der Waals surface area contributed by atoms with Gasteiger partial charge in [0.15, 0.2) is 0 Å². The summed E-state index contributed by atoms with van der Waals surface area (Å²) < 4.78 is 76.1. The summed E-state index contributed by atoms with van der Waals surface area (Å²) in [5, 5.41) is -2.68. The highest BCUT2D eigenvalue weighted by molar-refractivity contribution is 6.47. The third kappa shape index (κ3) is 3.33. The van der Waals surface area contributed by atoms with Crippen LogP contribution in [0.4, 0.5) is 0 Å². The average Bonchev–Trinajstić information content (AvgIpc) is 2.70. The molecule has 4 atom stereocenters. The van der Waals surface area contributed by atoms with Crippen LogP contribution in [-0.2, 0) is 14.0 Å². The van der Waals surface area contributed by atoms with Crippen LogP contribution >= 0.6 is 11.6 Å². The quantitative estimate of drug-likeness (QED) is 0.643. The Morgan fingerprint density at radius 3 is 2.45 bits per heavy atom. The third-order valence-electron chi connectivity index (χ3n) is 3.62. The van der Waals surface area contributed by atoms with E-state index >= 15 is 0 Å². The first-order valence-corrected chi connectivity index (χ1v) is 7.10. The molecule has 0 radical (unpaired) electrons. The van der Waals surface area contributed by atoms with Gasteiger partial charge in [0.05, 0.1) is 25.4 Å². The van der Waals surface area contributed by atoms with E-state index in [0.717, 1.165) is 0 Å². The first-order chi connectivity index (χ1) is 11.8. The molecule has 1 N–H and O–H groups in total. The zero-order chi connectivity index (χ0) is 21.4. The smallest absolute Gasteiger partial charge is 0.403 e. The molecule has 0 aromatic heterocycles. The summed E-state index contributed by atoms with van der Waals surface area (Å²) in [6, 6.07) is 0. The van der Waals surface area contributed by atoms with Crippen molar-refractivity contribution < 1.29 is 23.7 Å². The summed E-state index contributed by atoms with van der Waals surface area (Å²) in [4.78, 5) is 0. The molecule has 2 saturated heterocycles. The van der Waals surface area contributed by atoms with Crippen LogP contribution in [0.3, 0.4) is 0 Å². The van der Waals surface area contributed by atoms with Crippen LogP contribution in [0.1, 0.15) is 56.1 Å². The molecular formula is C14H27BClNO3. The number of hydrogen-bond acceptors (Lipinski definition) is 4. The lowest BCUT2D eigenvalue weighted by molar-refractivity contribution is -0.0243. The Hall–Kier alpha value is 0.195. The number of rotatable bonds is 3. The second kappa shape index (κ2) is 5.77. The first kappa shape index (κ1) is 9.36. The van der Waals surface area contributed by atoms with E-state index in [1.165, 1.54) is 0 Å². The molecule has 0 aliphatic carbocycles. The van der Waals surface area contributed by atoms with Crippen molar-refractivity contribution in [1.29, 1.82) is 0 Å². The van der Waals surface area contributed by atoms with Crippen molar-refractivity contribution in [3.63, 3.8) is 0 Å². The second-order valence-electron chi connectivity index (χ2n) is 6.21. The molecule has 6 heteroatoms. The first-order valence-electron chi connectivity index (χ1n) is 10.2. The predicted molar refractivity (Wildman–Crippen MR) is 82.1 cm³/mol. The Morgan fingerprint density at radius 2 is 1.95 bits per heavy atom. The summed E-state index contributed by atoms with van der Waals surface area (Å²) in [7, 11) is -1.58. The number of alkyl halides is 1. The van der Waals surface area contributed by atoms with Crippen molar-refractivity contribution in [3.8, 4) is 0 Å². The predicted octanol–water partition coefficient (Wildman–Crippen LogP) is 2.80. The van der Waals surface area contributed by atoms with Crippen LogP contribution < -0.4 is 5.31 Å². The van der Waals surface area contributed by atoms with Gasteiger partial charge < -0.3 is 14.0 Å². The topological polar surface area (TPSA) is 39.7 Å². The van der Waals surface area contributed by atoms with E-state index in [0.29, 0.717) is 0 Å². The highest BCUT2D eigenvalue weighted by Crippen LogP contribution is 2.42. The van der Waals surface area contributed by atoms with Gasteiger partial charge in [-0.05, 0) is 54.4 Å². The van der Waals surface area contributed by atoms with E-state index in [1.54, 1.807) is 41.5 Å². The van der Waals surface area contributed by atoms with Crippen molar-refractivity contribution in [2.24, 2.45) is 0 Å². The summed E-state index contributed by atoms with van der Waals surface area (Å²) in [5.41, 5.74) is -1.84. The van der Waals surface area contributed by atoms with Crippen LogP contribution in [0.2, 0.25) is 7.21 Å². The Kier molecular flexibility index (Phi) is 2.70. The minimum Gasteiger partial charge on any atom is -0.403 e. The van der Waals surface area contributed by atoms with E-state index in [2.05, 4.69) is 0 Å². The van der Waals surface area contributed by atoms with Gasteiger partial charge in [-0.2, -0.15) is 0 Å². The van der Waals surface area contributed by atoms with Crippen molar-refractivity contribution in [3.05, 3.63) is 0 Å². The molecule has 116 valence electrons. The molecule has 0 saturated carbocycles. The fourth-order valence-electron chi connectivity index (χ4n) is 1.79. The van der Waals surface area contributed by atoms with Crippen molar-refractivity contribution in [1.82, 2.24) is 5.31 Å². The van der Waals surface area contributed by atoms with E-state index < -0.39 is 54.7 Å². The molecule has 2 aliphatic heterocycles. The summed E-state index contributed by atoms with van der Waals surface area (Å²) in [6.45, 7) is 7.94. The molecule has 0 spiro atoms. The number of nitrogens with one attached hydrogen (secondary N) is 1. The Balaban J connectivity index is 2.60. The van der Waals surface area contributed by atoms with Crippen LogP contribution in [0.5, 0.6) is 0 Å². The van der Waals surface area contributed by atoms with Gasteiger partial charge in [-0.15, -0.1) is 11.6 Å². The van der Waals surface area contributed by atoms with E-state index in [9.17, 15) is 0 Å². The van der Waals surface area contributed by atoms with Gasteiger partial charge in [-0.1, -0.05) is 0 Å². The lowest BCUT2D eigenvalue weighted by Crippen LogP contribution is -2.50. The van der Waals surface area contributed by atoms with Crippen molar-refractivity contribution in [2.75, 3.05) is 6.52 Å². The average molecular weight is 311 g/mol. The molecule has 0 amide bonds. The fraction of sp³-hybridized carbons (Fsp3) is 1.00. The molecule has 4 unspecified atom stereocenters. The van der Waals surface area contributed by atoms with Gasteiger partial charge in [0.25, 0.3) is 0 Å². The largest absolute Gasteiger partial charge is 0.462 e. The molecule has 20 heavy (non-hydrogen) atoms. The lowest BCUT2D eigenvalue weighted by atomic mass is 9.68. The molecule has 2 rings (SSSR count). The summed E-state index contributed by atoms with van der Waals surface area (Å²) >= 11 is 6.18. The standard InChI is InChI=1S/C14H27BClNO3/c1-9(2)18-12-11(16)7-10(8-17-12)15-19-13(3,4)14(5,6)20-15/h9-12,17H,7-8H2,1-6H3/i7D2,8D,10D,11D,12D/hD. The molecular weight excluding hydrogens is 276 g/mol. The van der Waals surface area contributed by atoms with Gasteiger partial charge in [-0.25, -0.2) is 0 Å². The van der Waals surface area contributed by atoms with E-state index in [-0.39, 0.29) is 5.31 Å². The van der Waals surface area contributed by atoms with E-state index in [1.807, 2.05) is 0 Å². The fourth-order valence-corrected chi connectivity index (χ4v) is 1.99. The van der Waals surface area contributed by atoms with Gasteiger partial charge >= 0.3 is 7.12 Å². The summed E-state index contributed by atoms with van der Waals surface area (Å²) in [6.07, 6.45) is -6.41. The molecule has 2 fully saturated rings. The van der Waals surface area contributed by atoms with Gasteiger partial charge in [0, 0.05) is 11.3 Å². The maximum Gasteiger partial charge on any atom is 0.462 e. The van der Waals surface area contributed by atoms with E-state index in [4.69, 9.17) is 35.3 Å². The number of piperidine rings is 1. The Bertz CT molecular complexity index is 595. The van der Waals surface area contributed by atoms with Crippen LogP contribution in [-0.4, -0.2) is 42.5 Å². The van der Waals surface area contributed by atoms with Crippen molar-refractivity contribution in [2.45, 2.75) is 82.6 Å². The SMILES string of the molecule is [2H]C1N([2H])C([2H])(OC(C)C)C([2H])(Cl)C([2H])([2H])C1([2H])B1OC(C)(C)C(C)(C)O1. The molecule has 2 heterocycles. The second-order valence-corrected chi connectivity index (χ2v) is 6.59. The van der Waals surface area contributed by atoms with Crippen molar-refractivity contribution >= 4 is 18.7 Å². The summed E-state index contributed by atoms with van der Waals surface area (Å²) in [5.74, 6) is -2.60. The van der Waals surface area contributed by atoms with Crippen LogP contribution in [0.25, 0.3) is 0 Å². The zero-order valence-corrected chi connectivity index (χ0v) is 13.5. The highest BCUT2D eigenvalue weighted by atomic mass is 35.5. The molecule has 4 nitrogen and oxygen atoms in total. The van der Waals surface area contributed by atoms with Crippen LogP contribution in [0, 0.1) is 0 Å². The maximum absolute atomic E-state index is 8.81. The zero-order valence-electron chi connectivity index (χ0n) is 19.8. The molecule has 2 aliphatic rings.